The second-order valence-electron chi connectivity index (χ2n) is 5.07. The molecule has 0 aromatic carbocycles. The van der Waals surface area contributed by atoms with Gasteiger partial charge in [-0.15, -0.1) is 0 Å². The van der Waals surface area contributed by atoms with Crippen LogP contribution in [0, 0.1) is 13.8 Å². The van der Waals surface area contributed by atoms with E-state index in [0.29, 0.717) is 0 Å². The summed E-state index contributed by atoms with van der Waals surface area (Å²) in [5, 5.41) is 13.1. The standard InChI is InChI=1S/C13H21N3O/c1-10-8-12(15-11(2)14-10)16-13(9-17)6-4-3-5-7-13/h8,17H,3-7,9H2,1-2H3,(H,14,15,16). The minimum Gasteiger partial charge on any atom is -0.394 e. The van der Waals surface area contributed by atoms with Gasteiger partial charge in [0.15, 0.2) is 0 Å². The van der Waals surface area contributed by atoms with Crippen LogP contribution in [0.3, 0.4) is 0 Å². The van der Waals surface area contributed by atoms with Crippen molar-refractivity contribution >= 4 is 5.82 Å². The monoisotopic (exact) mass is 235 g/mol. The highest BCUT2D eigenvalue weighted by Gasteiger charge is 2.31. The predicted octanol–water partition coefficient (Wildman–Crippen LogP) is 2.20. The number of rotatable bonds is 3. The summed E-state index contributed by atoms with van der Waals surface area (Å²) in [5.74, 6) is 1.61. The largest absolute Gasteiger partial charge is 0.394 e. The van der Waals surface area contributed by atoms with E-state index in [-0.39, 0.29) is 12.1 Å². The molecule has 0 saturated heterocycles. The Kier molecular flexibility index (Phi) is 3.62. The number of nitrogens with one attached hydrogen (secondary N) is 1. The van der Waals surface area contributed by atoms with Gasteiger partial charge in [0.1, 0.15) is 11.6 Å². The topological polar surface area (TPSA) is 58.0 Å². The Morgan fingerprint density at radius 1 is 1.24 bits per heavy atom. The lowest BCUT2D eigenvalue weighted by Gasteiger charge is -2.37. The van der Waals surface area contributed by atoms with E-state index in [1.165, 1.54) is 19.3 Å². The lowest BCUT2D eigenvalue weighted by molar-refractivity contribution is 0.172. The van der Waals surface area contributed by atoms with Crippen LogP contribution in [-0.2, 0) is 0 Å². The van der Waals surface area contributed by atoms with Crippen LogP contribution in [0.4, 0.5) is 5.82 Å². The van der Waals surface area contributed by atoms with Crippen LogP contribution in [0.25, 0.3) is 0 Å². The van der Waals surface area contributed by atoms with Crippen molar-refractivity contribution in [2.24, 2.45) is 0 Å². The molecule has 0 aliphatic heterocycles. The molecule has 0 amide bonds. The van der Waals surface area contributed by atoms with E-state index in [1.807, 2.05) is 19.9 Å². The molecular weight excluding hydrogens is 214 g/mol. The normalized spacial score (nSPS) is 19.0. The van der Waals surface area contributed by atoms with Gasteiger partial charge < -0.3 is 10.4 Å². The summed E-state index contributed by atoms with van der Waals surface area (Å²) in [7, 11) is 0. The van der Waals surface area contributed by atoms with Crippen LogP contribution in [0.2, 0.25) is 0 Å². The number of anilines is 1. The zero-order valence-electron chi connectivity index (χ0n) is 10.7. The van der Waals surface area contributed by atoms with Crippen molar-refractivity contribution in [2.45, 2.75) is 51.5 Å². The average Bonchev–Trinajstić information content (AvgIpc) is 2.29. The predicted molar refractivity (Wildman–Crippen MR) is 68.0 cm³/mol. The fourth-order valence-electron chi connectivity index (χ4n) is 2.60. The molecule has 0 radical (unpaired) electrons. The third-order valence-electron chi connectivity index (χ3n) is 3.47. The minimum absolute atomic E-state index is 0.175. The SMILES string of the molecule is Cc1cc(NC2(CO)CCCCC2)nc(C)n1. The van der Waals surface area contributed by atoms with Crippen LogP contribution in [0.5, 0.6) is 0 Å². The van der Waals surface area contributed by atoms with E-state index in [4.69, 9.17) is 0 Å². The molecule has 1 heterocycles. The van der Waals surface area contributed by atoms with Gasteiger partial charge in [-0.25, -0.2) is 9.97 Å². The molecule has 17 heavy (non-hydrogen) atoms. The van der Waals surface area contributed by atoms with Crippen molar-refractivity contribution in [3.05, 3.63) is 17.6 Å². The van der Waals surface area contributed by atoms with E-state index < -0.39 is 0 Å². The van der Waals surface area contributed by atoms with E-state index in [9.17, 15) is 5.11 Å². The van der Waals surface area contributed by atoms with Gasteiger partial charge in [0.05, 0.1) is 12.1 Å². The maximum atomic E-state index is 9.64. The maximum Gasteiger partial charge on any atom is 0.130 e. The Balaban J connectivity index is 2.17. The molecule has 1 fully saturated rings. The first-order valence-corrected chi connectivity index (χ1v) is 6.35. The first kappa shape index (κ1) is 12.3. The number of aryl methyl sites for hydroxylation is 2. The maximum absolute atomic E-state index is 9.64. The van der Waals surface area contributed by atoms with E-state index in [1.54, 1.807) is 0 Å². The van der Waals surface area contributed by atoms with Crippen molar-refractivity contribution in [1.82, 2.24) is 9.97 Å². The Morgan fingerprint density at radius 2 is 1.94 bits per heavy atom. The van der Waals surface area contributed by atoms with Crippen molar-refractivity contribution in [3.63, 3.8) is 0 Å². The molecule has 1 aromatic rings. The summed E-state index contributed by atoms with van der Waals surface area (Å²) in [6.45, 7) is 4.03. The van der Waals surface area contributed by atoms with Gasteiger partial charge in [-0.3, -0.25) is 0 Å². The highest BCUT2D eigenvalue weighted by atomic mass is 16.3. The Labute approximate surface area is 102 Å². The van der Waals surface area contributed by atoms with Crippen molar-refractivity contribution < 1.29 is 5.11 Å². The summed E-state index contributed by atoms with van der Waals surface area (Å²) in [4.78, 5) is 8.65. The molecular formula is C13H21N3O. The molecule has 0 spiro atoms. The quantitative estimate of drug-likeness (QED) is 0.843. The van der Waals surface area contributed by atoms with Gasteiger partial charge in [0.25, 0.3) is 0 Å². The number of hydrogen-bond donors (Lipinski definition) is 2. The number of aliphatic hydroxyl groups is 1. The van der Waals surface area contributed by atoms with Gasteiger partial charge in [0, 0.05) is 11.8 Å². The van der Waals surface area contributed by atoms with Crippen molar-refractivity contribution in [2.75, 3.05) is 11.9 Å². The Bertz CT molecular complexity index is 366. The molecule has 1 saturated carbocycles. The molecule has 0 atom stereocenters. The third kappa shape index (κ3) is 2.94. The molecule has 1 aliphatic rings. The Hall–Kier alpha value is -1.16. The highest BCUT2D eigenvalue weighted by Crippen LogP contribution is 2.30. The van der Waals surface area contributed by atoms with Crippen LogP contribution in [0.15, 0.2) is 6.07 Å². The summed E-state index contributed by atoms with van der Waals surface area (Å²) in [5.41, 5.74) is 0.787. The van der Waals surface area contributed by atoms with Gasteiger partial charge in [-0.1, -0.05) is 19.3 Å². The third-order valence-corrected chi connectivity index (χ3v) is 3.47. The van der Waals surface area contributed by atoms with E-state index in [2.05, 4.69) is 15.3 Å². The van der Waals surface area contributed by atoms with Crippen molar-refractivity contribution in [1.29, 1.82) is 0 Å². The fraction of sp³-hybridized carbons (Fsp3) is 0.692. The first-order chi connectivity index (χ1) is 8.13. The molecule has 2 rings (SSSR count). The zero-order chi connectivity index (χ0) is 12.3. The number of aliphatic hydroxyl groups excluding tert-OH is 1. The Morgan fingerprint density at radius 3 is 2.53 bits per heavy atom. The van der Waals surface area contributed by atoms with E-state index in [0.717, 1.165) is 30.2 Å². The smallest absolute Gasteiger partial charge is 0.130 e. The molecule has 4 nitrogen and oxygen atoms in total. The molecule has 2 N–H and O–H groups in total. The van der Waals surface area contributed by atoms with Gasteiger partial charge in [0.2, 0.25) is 0 Å². The minimum atomic E-state index is -0.175. The lowest BCUT2D eigenvalue weighted by Crippen LogP contribution is -2.44. The second kappa shape index (κ2) is 5.00. The molecule has 0 bridgehead atoms. The molecule has 1 aromatic heterocycles. The van der Waals surface area contributed by atoms with Crippen LogP contribution in [0.1, 0.15) is 43.6 Å². The van der Waals surface area contributed by atoms with Crippen molar-refractivity contribution in [3.8, 4) is 0 Å². The summed E-state index contributed by atoms with van der Waals surface area (Å²) < 4.78 is 0. The lowest BCUT2D eigenvalue weighted by atomic mass is 9.82. The second-order valence-corrected chi connectivity index (χ2v) is 5.07. The molecule has 0 unspecified atom stereocenters. The number of nitrogens with zero attached hydrogens (tertiary/aromatic N) is 2. The van der Waals surface area contributed by atoms with Crippen LogP contribution < -0.4 is 5.32 Å². The van der Waals surface area contributed by atoms with Gasteiger partial charge >= 0.3 is 0 Å². The van der Waals surface area contributed by atoms with Crippen LogP contribution >= 0.6 is 0 Å². The van der Waals surface area contributed by atoms with Crippen LogP contribution in [-0.4, -0.2) is 27.2 Å². The van der Waals surface area contributed by atoms with E-state index >= 15 is 0 Å². The summed E-state index contributed by atoms with van der Waals surface area (Å²) in [6.07, 6.45) is 5.66. The number of aromatic nitrogens is 2. The van der Waals surface area contributed by atoms with Gasteiger partial charge in [-0.2, -0.15) is 0 Å². The average molecular weight is 235 g/mol. The highest BCUT2D eigenvalue weighted by molar-refractivity contribution is 5.39. The number of hydrogen-bond acceptors (Lipinski definition) is 4. The summed E-state index contributed by atoms with van der Waals surface area (Å²) >= 11 is 0. The molecule has 94 valence electrons. The zero-order valence-corrected chi connectivity index (χ0v) is 10.7. The molecule has 1 aliphatic carbocycles. The fourth-order valence-corrected chi connectivity index (χ4v) is 2.60. The van der Waals surface area contributed by atoms with Gasteiger partial charge in [-0.05, 0) is 26.7 Å². The summed E-state index contributed by atoms with van der Waals surface area (Å²) in [6, 6.07) is 1.94. The molecule has 4 heteroatoms. The first-order valence-electron chi connectivity index (χ1n) is 6.35.